The van der Waals surface area contributed by atoms with E-state index in [9.17, 15) is 5.11 Å². The van der Waals surface area contributed by atoms with Crippen LogP contribution >= 0.6 is 0 Å². The number of hydrogen-bond donors (Lipinski definition) is 2. The summed E-state index contributed by atoms with van der Waals surface area (Å²) in [5.74, 6) is 1.22. The van der Waals surface area contributed by atoms with Crippen LogP contribution in [0, 0.1) is 17.3 Å². The molecule has 0 aromatic rings. The van der Waals surface area contributed by atoms with Gasteiger partial charge in [0.1, 0.15) is 0 Å². The van der Waals surface area contributed by atoms with Crippen molar-refractivity contribution in [3.05, 3.63) is 0 Å². The van der Waals surface area contributed by atoms with Crippen molar-refractivity contribution < 1.29 is 9.84 Å². The molecule has 0 bridgehead atoms. The minimum Gasteiger partial charge on any atom is -0.392 e. The molecule has 3 N–H and O–H groups in total. The first-order valence-corrected chi connectivity index (χ1v) is 7.14. The summed E-state index contributed by atoms with van der Waals surface area (Å²) in [7, 11) is 0. The number of ether oxygens (including phenoxy) is 1. The number of aliphatic hydroxyl groups is 1. The Morgan fingerprint density at radius 3 is 2.65 bits per heavy atom. The molecule has 2 fully saturated rings. The minimum atomic E-state index is -0.223. The van der Waals surface area contributed by atoms with Gasteiger partial charge in [-0.05, 0) is 37.5 Å². The van der Waals surface area contributed by atoms with Crippen molar-refractivity contribution in [3.8, 4) is 0 Å². The Labute approximate surface area is 105 Å². The van der Waals surface area contributed by atoms with Gasteiger partial charge >= 0.3 is 0 Å². The van der Waals surface area contributed by atoms with Crippen LogP contribution in [-0.4, -0.2) is 31.0 Å². The Bertz CT molecular complexity index is 238. The molecule has 1 aliphatic carbocycles. The molecule has 1 heterocycles. The van der Waals surface area contributed by atoms with E-state index in [1.54, 1.807) is 0 Å². The molecule has 0 aromatic carbocycles. The summed E-state index contributed by atoms with van der Waals surface area (Å²) in [6.45, 7) is 4.42. The maximum absolute atomic E-state index is 10.7. The fraction of sp³-hybridized carbons (Fsp3) is 1.00. The van der Waals surface area contributed by atoms with E-state index in [-0.39, 0.29) is 11.5 Å². The van der Waals surface area contributed by atoms with E-state index in [1.165, 1.54) is 25.7 Å². The fourth-order valence-corrected chi connectivity index (χ4v) is 3.67. The van der Waals surface area contributed by atoms with E-state index in [1.807, 2.05) is 0 Å². The summed E-state index contributed by atoms with van der Waals surface area (Å²) in [5.41, 5.74) is 5.90. The topological polar surface area (TPSA) is 55.5 Å². The molecule has 3 heteroatoms. The highest BCUT2D eigenvalue weighted by molar-refractivity contribution is 4.94. The van der Waals surface area contributed by atoms with Gasteiger partial charge in [-0.25, -0.2) is 0 Å². The van der Waals surface area contributed by atoms with Gasteiger partial charge in [0.25, 0.3) is 0 Å². The number of rotatable bonds is 3. The first-order chi connectivity index (χ1) is 8.18. The van der Waals surface area contributed by atoms with Crippen molar-refractivity contribution in [2.24, 2.45) is 23.0 Å². The van der Waals surface area contributed by atoms with Crippen molar-refractivity contribution in [1.29, 1.82) is 0 Å². The van der Waals surface area contributed by atoms with Crippen LogP contribution in [-0.2, 0) is 4.74 Å². The van der Waals surface area contributed by atoms with Crippen molar-refractivity contribution >= 4 is 0 Å². The van der Waals surface area contributed by atoms with Crippen LogP contribution < -0.4 is 5.73 Å². The lowest BCUT2D eigenvalue weighted by Crippen LogP contribution is -2.49. The molecule has 0 radical (unpaired) electrons. The monoisotopic (exact) mass is 241 g/mol. The van der Waals surface area contributed by atoms with E-state index in [0.717, 1.165) is 32.0 Å². The Balaban J connectivity index is 2.02. The summed E-state index contributed by atoms with van der Waals surface area (Å²) in [5, 5.41) is 10.7. The molecule has 0 aromatic heterocycles. The van der Waals surface area contributed by atoms with Gasteiger partial charge in [-0.2, -0.15) is 0 Å². The highest BCUT2D eigenvalue weighted by atomic mass is 16.5. The Kier molecular flexibility index (Phi) is 4.45. The maximum Gasteiger partial charge on any atom is 0.0638 e. The zero-order valence-corrected chi connectivity index (χ0v) is 11.0. The lowest BCUT2D eigenvalue weighted by molar-refractivity contribution is -0.0887. The van der Waals surface area contributed by atoms with Gasteiger partial charge in [0.05, 0.1) is 6.10 Å². The van der Waals surface area contributed by atoms with E-state index in [4.69, 9.17) is 10.5 Å². The molecule has 0 amide bonds. The zero-order chi connectivity index (χ0) is 12.3. The average molecular weight is 241 g/mol. The van der Waals surface area contributed by atoms with Crippen LogP contribution in [0.3, 0.4) is 0 Å². The highest BCUT2D eigenvalue weighted by Crippen LogP contribution is 2.42. The molecule has 1 aliphatic heterocycles. The van der Waals surface area contributed by atoms with Crippen molar-refractivity contribution in [2.45, 2.75) is 51.6 Å². The molecular formula is C14H27NO2. The summed E-state index contributed by atoms with van der Waals surface area (Å²) >= 11 is 0. The van der Waals surface area contributed by atoms with Crippen LogP contribution in [0.4, 0.5) is 0 Å². The van der Waals surface area contributed by atoms with E-state index >= 15 is 0 Å². The average Bonchev–Trinajstić information content (AvgIpc) is 2.38. The molecule has 1 saturated carbocycles. The summed E-state index contributed by atoms with van der Waals surface area (Å²) in [4.78, 5) is 0. The van der Waals surface area contributed by atoms with Gasteiger partial charge < -0.3 is 15.6 Å². The Morgan fingerprint density at radius 2 is 2.06 bits per heavy atom. The zero-order valence-electron chi connectivity index (χ0n) is 11.0. The Hall–Kier alpha value is -0.120. The first kappa shape index (κ1) is 13.3. The predicted molar refractivity (Wildman–Crippen MR) is 68.7 cm³/mol. The third-order valence-electron chi connectivity index (χ3n) is 4.95. The quantitative estimate of drug-likeness (QED) is 0.794. The second kappa shape index (κ2) is 5.68. The number of hydrogen-bond acceptors (Lipinski definition) is 3. The SMILES string of the molecule is CC1CCCC(C(O)C2(CN)CCOCC2)C1. The summed E-state index contributed by atoms with van der Waals surface area (Å²) in [6.07, 6.45) is 6.56. The minimum absolute atomic E-state index is 0.0695. The smallest absolute Gasteiger partial charge is 0.0638 e. The molecule has 3 nitrogen and oxygen atoms in total. The van der Waals surface area contributed by atoms with Gasteiger partial charge in [-0.3, -0.25) is 0 Å². The molecule has 3 unspecified atom stereocenters. The lowest BCUT2D eigenvalue weighted by Gasteiger charge is -2.45. The third-order valence-corrected chi connectivity index (χ3v) is 4.95. The largest absolute Gasteiger partial charge is 0.392 e. The molecule has 3 atom stereocenters. The van der Waals surface area contributed by atoms with Gasteiger partial charge in [0, 0.05) is 25.2 Å². The second-order valence-corrected chi connectivity index (χ2v) is 6.16. The standard InChI is InChI=1S/C14H27NO2/c1-11-3-2-4-12(9-11)13(16)14(10-15)5-7-17-8-6-14/h11-13,16H,2-10,15H2,1H3. The van der Waals surface area contributed by atoms with Gasteiger partial charge in [-0.1, -0.05) is 19.8 Å². The van der Waals surface area contributed by atoms with Crippen LogP contribution in [0.15, 0.2) is 0 Å². The van der Waals surface area contributed by atoms with Crippen molar-refractivity contribution in [3.63, 3.8) is 0 Å². The van der Waals surface area contributed by atoms with Crippen LogP contribution in [0.2, 0.25) is 0 Å². The summed E-state index contributed by atoms with van der Waals surface area (Å²) < 4.78 is 5.42. The van der Waals surface area contributed by atoms with Crippen molar-refractivity contribution in [1.82, 2.24) is 0 Å². The van der Waals surface area contributed by atoms with Gasteiger partial charge in [0.2, 0.25) is 0 Å². The molecule has 2 rings (SSSR count). The third kappa shape index (κ3) is 2.83. The molecule has 2 aliphatic rings. The molecule has 100 valence electrons. The van der Waals surface area contributed by atoms with Crippen LogP contribution in [0.5, 0.6) is 0 Å². The van der Waals surface area contributed by atoms with Crippen LogP contribution in [0.1, 0.15) is 45.4 Å². The maximum atomic E-state index is 10.7. The molecule has 1 saturated heterocycles. The fourth-order valence-electron chi connectivity index (χ4n) is 3.67. The first-order valence-electron chi connectivity index (χ1n) is 7.14. The van der Waals surface area contributed by atoms with E-state index in [0.29, 0.717) is 12.5 Å². The van der Waals surface area contributed by atoms with Crippen LogP contribution in [0.25, 0.3) is 0 Å². The second-order valence-electron chi connectivity index (χ2n) is 6.16. The van der Waals surface area contributed by atoms with Crippen molar-refractivity contribution in [2.75, 3.05) is 19.8 Å². The normalized spacial score (nSPS) is 35.5. The Morgan fingerprint density at radius 1 is 1.35 bits per heavy atom. The number of aliphatic hydroxyl groups excluding tert-OH is 1. The lowest BCUT2D eigenvalue weighted by atomic mass is 9.66. The number of nitrogens with two attached hydrogens (primary N) is 1. The summed E-state index contributed by atoms with van der Waals surface area (Å²) in [6, 6.07) is 0. The molecular weight excluding hydrogens is 214 g/mol. The highest BCUT2D eigenvalue weighted by Gasteiger charge is 2.42. The van der Waals surface area contributed by atoms with E-state index in [2.05, 4.69) is 6.92 Å². The molecule has 17 heavy (non-hydrogen) atoms. The predicted octanol–water partition coefficient (Wildman–Crippen LogP) is 1.93. The van der Waals surface area contributed by atoms with Gasteiger partial charge in [0.15, 0.2) is 0 Å². The van der Waals surface area contributed by atoms with Gasteiger partial charge in [-0.15, -0.1) is 0 Å². The molecule has 0 spiro atoms. The van der Waals surface area contributed by atoms with E-state index < -0.39 is 0 Å².